The van der Waals surface area contributed by atoms with E-state index in [1.807, 2.05) is 0 Å². The van der Waals surface area contributed by atoms with Crippen molar-refractivity contribution in [1.29, 1.82) is 0 Å². The van der Waals surface area contributed by atoms with Crippen molar-refractivity contribution >= 4 is 17.3 Å². The van der Waals surface area contributed by atoms with Crippen LogP contribution < -0.4 is 11.1 Å². The van der Waals surface area contributed by atoms with Gasteiger partial charge in [0.05, 0.1) is 16.9 Å². The molecule has 0 heterocycles. The Balaban J connectivity index is 2.25. The molecule has 0 aliphatic rings. The topological polar surface area (TPSA) is 75.4 Å². The minimum atomic E-state index is -1.08. The zero-order chi connectivity index (χ0) is 13.8. The molecule has 0 aromatic heterocycles. The first-order valence-electron chi connectivity index (χ1n) is 5.68. The second-order valence-electron chi connectivity index (χ2n) is 4.02. The number of hydrogen-bond acceptors (Lipinski definition) is 3. The fraction of sp³-hybridized carbons (Fsp3) is 0.0714. The van der Waals surface area contributed by atoms with Gasteiger partial charge in [-0.3, -0.25) is 0 Å². The Bertz CT molecular complexity index is 614. The van der Waals surface area contributed by atoms with Crippen LogP contribution in [-0.4, -0.2) is 11.1 Å². The minimum Gasteiger partial charge on any atom is -0.478 e. The molecule has 0 aliphatic carbocycles. The quantitative estimate of drug-likeness (QED) is 0.739. The van der Waals surface area contributed by atoms with E-state index >= 15 is 0 Å². The first kappa shape index (κ1) is 12.9. The van der Waals surface area contributed by atoms with Gasteiger partial charge in [0.15, 0.2) is 0 Å². The number of carboxylic acids is 1. The third-order valence-electron chi connectivity index (χ3n) is 2.74. The maximum Gasteiger partial charge on any atom is 0.337 e. The number of anilines is 2. The van der Waals surface area contributed by atoms with E-state index in [4.69, 9.17) is 10.8 Å². The summed E-state index contributed by atoms with van der Waals surface area (Å²) >= 11 is 0. The Hall–Kier alpha value is -2.56. The molecule has 0 saturated carbocycles. The number of aromatic carboxylic acids is 1. The van der Waals surface area contributed by atoms with Crippen molar-refractivity contribution in [2.45, 2.75) is 6.54 Å². The van der Waals surface area contributed by atoms with Crippen molar-refractivity contribution in [3.05, 3.63) is 59.4 Å². The van der Waals surface area contributed by atoms with Crippen LogP contribution in [0, 0.1) is 5.82 Å². The van der Waals surface area contributed by atoms with E-state index in [0.29, 0.717) is 16.9 Å². The summed E-state index contributed by atoms with van der Waals surface area (Å²) in [5.41, 5.74) is 6.87. The normalized spacial score (nSPS) is 10.2. The van der Waals surface area contributed by atoms with Crippen molar-refractivity contribution in [1.82, 2.24) is 0 Å². The van der Waals surface area contributed by atoms with Gasteiger partial charge in [0, 0.05) is 12.1 Å². The summed E-state index contributed by atoms with van der Waals surface area (Å²) in [6, 6.07) is 10.9. The van der Waals surface area contributed by atoms with E-state index < -0.39 is 5.97 Å². The van der Waals surface area contributed by atoms with Crippen LogP contribution in [0.15, 0.2) is 42.5 Å². The fourth-order valence-corrected chi connectivity index (χ4v) is 1.77. The number of nitrogens with two attached hydrogens (primary N) is 1. The molecule has 98 valence electrons. The molecule has 0 atom stereocenters. The van der Waals surface area contributed by atoms with E-state index in [9.17, 15) is 9.18 Å². The van der Waals surface area contributed by atoms with Gasteiger partial charge >= 0.3 is 5.97 Å². The molecule has 19 heavy (non-hydrogen) atoms. The zero-order valence-electron chi connectivity index (χ0n) is 10.1. The molecule has 0 spiro atoms. The molecular weight excluding hydrogens is 247 g/mol. The third kappa shape index (κ3) is 2.82. The predicted octanol–water partition coefficient (Wildman–Crippen LogP) is 2.72. The Morgan fingerprint density at radius 3 is 2.63 bits per heavy atom. The van der Waals surface area contributed by atoms with Crippen molar-refractivity contribution < 1.29 is 14.3 Å². The van der Waals surface area contributed by atoms with E-state index in [1.165, 1.54) is 12.1 Å². The van der Waals surface area contributed by atoms with Gasteiger partial charge in [0.25, 0.3) is 0 Å². The van der Waals surface area contributed by atoms with E-state index in [-0.39, 0.29) is 17.9 Å². The number of para-hydroxylation sites is 1. The molecule has 2 rings (SSSR count). The molecule has 5 heteroatoms. The van der Waals surface area contributed by atoms with Crippen LogP contribution >= 0.6 is 0 Å². The third-order valence-corrected chi connectivity index (χ3v) is 2.74. The minimum absolute atomic E-state index is 0.0661. The lowest BCUT2D eigenvalue weighted by molar-refractivity contribution is 0.0698. The van der Waals surface area contributed by atoms with E-state index in [1.54, 1.807) is 30.3 Å². The van der Waals surface area contributed by atoms with Crippen LogP contribution in [0.1, 0.15) is 15.9 Å². The highest BCUT2D eigenvalue weighted by Crippen LogP contribution is 2.24. The molecule has 0 aliphatic heterocycles. The molecule has 2 aromatic rings. The molecule has 0 radical (unpaired) electrons. The lowest BCUT2D eigenvalue weighted by atomic mass is 10.1. The second kappa shape index (κ2) is 5.39. The molecule has 0 bridgehead atoms. The van der Waals surface area contributed by atoms with Gasteiger partial charge < -0.3 is 16.2 Å². The SMILES string of the molecule is Nc1cccc(C(=O)O)c1NCc1ccccc1F. The van der Waals surface area contributed by atoms with Gasteiger partial charge in [0.1, 0.15) is 5.82 Å². The number of carbonyl (C=O) groups is 1. The van der Waals surface area contributed by atoms with Crippen molar-refractivity contribution in [3.8, 4) is 0 Å². The van der Waals surface area contributed by atoms with Gasteiger partial charge in [-0.15, -0.1) is 0 Å². The fourth-order valence-electron chi connectivity index (χ4n) is 1.77. The van der Waals surface area contributed by atoms with Gasteiger partial charge in [0.2, 0.25) is 0 Å². The lowest BCUT2D eigenvalue weighted by Gasteiger charge is -2.12. The van der Waals surface area contributed by atoms with Crippen LogP contribution in [0.3, 0.4) is 0 Å². The van der Waals surface area contributed by atoms with Crippen molar-refractivity contribution in [2.24, 2.45) is 0 Å². The predicted molar refractivity (Wildman–Crippen MR) is 71.5 cm³/mol. The highest BCUT2D eigenvalue weighted by Gasteiger charge is 2.12. The lowest BCUT2D eigenvalue weighted by Crippen LogP contribution is -2.09. The number of hydrogen-bond donors (Lipinski definition) is 3. The van der Waals surface area contributed by atoms with E-state index in [0.717, 1.165) is 0 Å². The zero-order valence-corrected chi connectivity index (χ0v) is 10.1. The summed E-state index contributed by atoms with van der Waals surface area (Å²) < 4.78 is 13.5. The Morgan fingerprint density at radius 2 is 1.95 bits per heavy atom. The average Bonchev–Trinajstić information content (AvgIpc) is 2.38. The highest BCUT2D eigenvalue weighted by molar-refractivity contribution is 5.97. The number of halogens is 1. The van der Waals surface area contributed by atoms with Crippen LogP contribution in [0.4, 0.5) is 15.8 Å². The highest BCUT2D eigenvalue weighted by atomic mass is 19.1. The Labute approximate surface area is 109 Å². The second-order valence-corrected chi connectivity index (χ2v) is 4.02. The maximum absolute atomic E-state index is 13.5. The van der Waals surface area contributed by atoms with E-state index in [2.05, 4.69) is 5.32 Å². The summed E-state index contributed by atoms with van der Waals surface area (Å²) in [4.78, 5) is 11.1. The molecule has 4 nitrogen and oxygen atoms in total. The van der Waals surface area contributed by atoms with Gasteiger partial charge in [-0.1, -0.05) is 24.3 Å². The largest absolute Gasteiger partial charge is 0.478 e. The number of nitrogens with one attached hydrogen (secondary N) is 1. The first-order chi connectivity index (χ1) is 9.09. The van der Waals surface area contributed by atoms with Gasteiger partial charge in [-0.2, -0.15) is 0 Å². The Morgan fingerprint density at radius 1 is 1.21 bits per heavy atom. The summed E-state index contributed by atoms with van der Waals surface area (Å²) in [6.07, 6.45) is 0. The molecular formula is C14H13FN2O2. The molecule has 4 N–H and O–H groups in total. The number of carboxylic acid groups (broad SMARTS) is 1. The number of benzene rings is 2. The van der Waals surface area contributed by atoms with Crippen LogP contribution in [0.2, 0.25) is 0 Å². The van der Waals surface area contributed by atoms with Crippen molar-refractivity contribution in [2.75, 3.05) is 11.1 Å². The average molecular weight is 260 g/mol. The number of nitrogen functional groups attached to an aromatic ring is 1. The molecule has 0 amide bonds. The van der Waals surface area contributed by atoms with Crippen molar-refractivity contribution in [3.63, 3.8) is 0 Å². The Kier molecular flexibility index (Phi) is 3.66. The smallest absolute Gasteiger partial charge is 0.337 e. The summed E-state index contributed by atoms with van der Waals surface area (Å²) in [6.45, 7) is 0.168. The maximum atomic E-state index is 13.5. The standard InChI is InChI=1S/C14H13FN2O2/c15-11-6-2-1-4-9(11)8-17-13-10(14(18)19)5-3-7-12(13)16/h1-7,17H,8,16H2,(H,18,19). The molecule has 0 unspecified atom stereocenters. The summed E-state index contributed by atoms with van der Waals surface area (Å²) in [5.74, 6) is -1.43. The van der Waals surface area contributed by atoms with Gasteiger partial charge in [-0.05, 0) is 18.2 Å². The number of rotatable bonds is 4. The molecule has 0 fully saturated rings. The van der Waals surface area contributed by atoms with Gasteiger partial charge in [-0.25, -0.2) is 9.18 Å². The van der Waals surface area contributed by atoms with Crippen LogP contribution in [-0.2, 0) is 6.54 Å². The summed E-state index contributed by atoms with van der Waals surface area (Å²) in [7, 11) is 0. The first-order valence-corrected chi connectivity index (χ1v) is 5.68. The van der Waals surface area contributed by atoms with Crippen LogP contribution in [0.5, 0.6) is 0 Å². The molecule has 0 saturated heterocycles. The van der Waals surface area contributed by atoms with Crippen LogP contribution in [0.25, 0.3) is 0 Å². The molecule has 2 aromatic carbocycles. The monoisotopic (exact) mass is 260 g/mol. The summed E-state index contributed by atoms with van der Waals surface area (Å²) in [5, 5.41) is 11.9.